The van der Waals surface area contributed by atoms with Crippen LogP contribution in [0.2, 0.25) is 0 Å². The van der Waals surface area contributed by atoms with Crippen molar-refractivity contribution in [2.24, 2.45) is 0 Å². The van der Waals surface area contributed by atoms with E-state index >= 15 is 0 Å². The molecule has 0 fully saturated rings. The molecule has 130 valence electrons. The zero-order valence-electron chi connectivity index (χ0n) is 14.3. The monoisotopic (exact) mass is 344 g/mol. The number of rotatable bonds is 6. The number of benzene rings is 3. The molecule has 1 heterocycles. The first kappa shape index (κ1) is 16.4. The highest BCUT2D eigenvalue weighted by Crippen LogP contribution is 2.21. The quantitative estimate of drug-likeness (QED) is 0.493. The van der Waals surface area contributed by atoms with Crippen LogP contribution >= 0.6 is 0 Å². The average molecular weight is 344 g/mol. The van der Waals surface area contributed by atoms with Gasteiger partial charge in [0.2, 0.25) is 0 Å². The Labute approximate surface area is 151 Å². The molecule has 0 saturated heterocycles. The van der Waals surface area contributed by atoms with E-state index < -0.39 is 12.0 Å². The summed E-state index contributed by atoms with van der Waals surface area (Å²) in [5.74, 6) is -0.837. The maximum absolute atomic E-state index is 11.8. The lowest BCUT2D eigenvalue weighted by atomic mass is 10.0. The van der Waals surface area contributed by atoms with Crippen LogP contribution in [-0.2, 0) is 17.8 Å². The molecule has 3 N–H and O–H groups in total. The predicted octanol–water partition coefficient (Wildman–Crippen LogP) is 4.11. The SMILES string of the molecule is O=C(O)[C@@H](Cc1c[nH]c2ccccc12)NCc1cccc2ccccc12. The Balaban J connectivity index is 1.55. The largest absolute Gasteiger partial charge is 0.480 e. The fourth-order valence-electron chi connectivity index (χ4n) is 3.45. The molecule has 4 aromatic rings. The van der Waals surface area contributed by atoms with Gasteiger partial charge in [0.25, 0.3) is 0 Å². The van der Waals surface area contributed by atoms with Crippen molar-refractivity contribution in [1.82, 2.24) is 10.3 Å². The topological polar surface area (TPSA) is 65.1 Å². The van der Waals surface area contributed by atoms with Crippen LogP contribution in [0.5, 0.6) is 0 Å². The van der Waals surface area contributed by atoms with Crippen LogP contribution in [0.25, 0.3) is 21.7 Å². The lowest BCUT2D eigenvalue weighted by Gasteiger charge is -2.15. The predicted molar refractivity (Wildman–Crippen MR) is 104 cm³/mol. The minimum atomic E-state index is -0.837. The molecule has 0 spiro atoms. The lowest BCUT2D eigenvalue weighted by Crippen LogP contribution is -2.38. The van der Waals surface area contributed by atoms with Gasteiger partial charge in [-0.1, -0.05) is 60.7 Å². The van der Waals surface area contributed by atoms with Crippen LogP contribution in [0.15, 0.2) is 72.9 Å². The minimum absolute atomic E-state index is 0.435. The third-order valence-electron chi connectivity index (χ3n) is 4.82. The van der Waals surface area contributed by atoms with Gasteiger partial charge in [-0.05, 0) is 28.0 Å². The lowest BCUT2D eigenvalue weighted by molar-refractivity contribution is -0.139. The van der Waals surface area contributed by atoms with Crippen molar-refractivity contribution in [3.05, 3.63) is 84.1 Å². The van der Waals surface area contributed by atoms with Gasteiger partial charge in [-0.15, -0.1) is 0 Å². The number of carboxylic acid groups (broad SMARTS) is 1. The van der Waals surface area contributed by atoms with Gasteiger partial charge in [-0.25, -0.2) is 0 Å². The van der Waals surface area contributed by atoms with Gasteiger partial charge in [-0.2, -0.15) is 0 Å². The maximum atomic E-state index is 11.8. The van der Waals surface area contributed by atoms with Crippen LogP contribution in [0.3, 0.4) is 0 Å². The van der Waals surface area contributed by atoms with Gasteiger partial charge in [0.05, 0.1) is 0 Å². The van der Waals surface area contributed by atoms with Crippen molar-refractivity contribution in [1.29, 1.82) is 0 Å². The molecule has 1 atom stereocenters. The molecule has 3 aromatic carbocycles. The van der Waals surface area contributed by atoms with E-state index in [1.165, 1.54) is 0 Å². The van der Waals surface area contributed by atoms with E-state index in [1.807, 2.05) is 54.7 Å². The van der Waals surface area contributed by atoms with E-state index in [0.29, 0.717) is 13.0 Å². The molecule has 0 aliphatic carbocycles. The Morgan fingerprint density at radius 3 is 2.50 bits per heavy atom. The average Bonchev–Trinajstić information content (AvgIpc) is 3.08. The number of aromatic nitrogens is 1. The third-order valence-corrected chi connectivity index (χ3v) is 4.82. The van der Waals surface area contributed by atoms with E-state index in [4.69, 9.17) is 0 Å². The Bertz CT molecular complexity index is 1060. The normalized spacial score (nSPS) is 12.5. The van der Waals surface area contributed by atoms with Crippen LogP contribution in [-0.4, -0.2) is 22.1 Å². The highest BCUT2D eigenvalue weighted by Gasteiger charge is 2.19. The second-order valence-electron chi connectivity index (χ2n) is 6.47. The highest BCUT2D eigenvalue weighted by molar-refractivity contribution is 5.86. The van der Waals surface area contributed by atoms with Crippen LogP contribution in [0, 0.1) is 0 Å². The number of fused-ring (bicyclic) bond motifs is 2. The zero-order valence-corrected chi connectivity index (χ0v) is 14.3. The van der Waals surface area contributed by atoms with E-state index in [2.05, 4.69) is 28.5 Å². The maximum Gasteiger partial charge on any atom is 0.321 e. The van der Waals surface area contributed by atoms with Crippen LogP contribution in [0.1, 0.15) is 11.1 Å². The van der Waals surface area contributed by atoms with Crippen molar-refractivity contribution < 1.29 is 9.90 Å². The first-order valence-corrected chi connectivity index (χ1v) is 8.70. The van der Waals surface area contributed by atoms with Gasteiger partial charge in [-0.3, -0.25) is 10.1 Å². The molecule has 0 aliphatic heterocycles. The summed E-state index contributed by atoms with van der Waals surface area (Å²) < 4.78 is 0. The number of hydrogen-bond acceptors (Lipinski definition) is 2. The van der Waals surface area contributed by atoms with Gasteiger partial charge < -0.3 is 10.1 Å². The molecule has 0 radical (unpaired) electrons. The summed E-state index contributed by atoms with van der Waals surface area (Å²) in [6.45, 7) is 0.515. The smallest absolute Gasteiger partial charge is 0.321 e. The Hall–Kier alpha value is -3.11. The molecule has 1 aromatic heterocycles. The first-order chi connectivity index (χ1) is 12.7. The van der Waals surface area contributed by atoms with Gasteiger partial charge in [0.15, 0.2) is 0 Å². The fraction of sp³-hybridized carbons (Fsp3) is 0.136. The van der Waals surface area contributed by atoms with Gasteiger partial charge >= 0.3 is 5.97 Å². The van der Waals surface area contributed by atoms with Gasteiger partial charge in [0.1, 0.15) is 6.04 Å². The molecule has 26 heavy (non-hydrogen) atoms. The zero-order chi connectivity index (χ0) is 17.9. The number of carbonyl (C=O) groups is 1. The molecule has 4 heteroatoms. The Morgan fingerprint density at radius 2 is 1.65 bits per heavy atom. The van der Waals surface area contributed by atoms with Crippen molar-refractivity contribution in [2.75, 3.05) is 0 Å². The molecule has 0 bridgehead atoms. The Kier molecular flexibility index (Phi) is 4.42. The molecule has 0 amide bonds. The van der Waals surface area contributed by atoms with E-state index in [1.54, 1.807) is 0 Å². The summed E-state index contributed by atoms with van der Waals surface area (Å²) in [4.78, 5) is 15.0. The highest BCUT2D eigenvalue weighted by atomic mass is 16.4. The summed E-state index contributed by atoms with van der Waals surface area (Å²) in [5.41, 5.74) is 3.15. The van der Waals surface area contributed by atoms with Crippen molar-refractivity contribution in [3.63, 3.8) is 0 Å². The number of para-hydroxylation sites is 1. The molecular weight excluding hydrogens is 324 g/mol. The summed E-state index contributed by atoms with van der Waals surface area (Å²) in [6.07, 6.45) is 2.34. The number of aromatic amines is 1. The van der Waals surface area contributed by atoms with Crippen molar-refractivity contribution in [3.8, 4) is 0 Å². The second kappa shape index (κ2) is 7.02. The number of hydrogen-bond donors (Lipinski definition) is 3. The number of H-pyrrole nitrogens is 1. The number of nitrogens with one attached hydrogen (secondary N) is 2. The van der Waals surface area contributed by atoms with Crippen LogP contribution in [0.4, 0.5) is 0 Å². The van der Waals surface area contributed by atoms with E-state index in [9.17, 15) is 9.90 Å². The standard InChI is InChI=1S/C22H20N2O2/c25-22(26)21(12-17-14-23-20-11-4-3-10-19(17)20)24-13-16-8-5-7-15-6-1-2-9-18(15)16/h1-11,14,21,23-24H,12-13H2,(H,25,26)/t21-/m1/s1. The first-order valence-electron chi connectivity index (χ1n) is 8.70. The fourth-order valence-corrected chi connectivity index (χ4v) is 3.45. The molecule has 0 aliphatic rings. The number of aliphatic carboxylic acids is 1. The van der Waals surface area contributed by atoms with E-state index in [0.717, 1.165) is 32.8 Å². The number of carboxylic acids is 1. The van der Waals surface area contributed by atoms with E-state index in [-0.39, 0.29) is 0 Å². The van der Waals surface area contributed by atoms with Crippen molar-refractivity contribution in [2.45, 2.75) is 19.0 Å². The third kappa shape index (κ3) is 3.19. The second-order valence-corrected chi connectivity index (χ2v) is 6.47. The van der Waals surface area contributed by atoms with Crippen LogP contribution < -0.4 is 5.32 Å². The summed E-state index contributed by atoms with van der Waals surface area (Å²) >= 11 is 0. The summed E-state index contributed by atoms with van der Waals surface area (Å²) in [6, 6.07) is 21.6. The summed E-state index contributed by atoms with van der Waals surface area (Å²) in [7, 11) is 0. The summed E-state index contributed by atoms with van der Waals surface area (Å²) in [5, 5.41) is 16.3. The minimum Gasteiger partial charge on any atom is -0.480 e. The van der Waals surface area contributed by atoms with Gasteiger partial charge in [0, 0.05) is 30.1 Å². The molecule has 0 unspecified atom stereocenters. The molecule has 4 rings (SSSR count). The molecule has 4 nitrogen and oxygen atoms in total. The van der Waals surface area contributed by atoms with Crippen molar-refractivity contribution >= 4 is 27.6 Å². The molecule has 0 saturated carbocycles. The Morgan fingerprint density at radius 1 is 0.923 bits per heavy atom. The molecular formula is C22H20N2O2.